The zero-order chi connectivity index (χ0) is 17.3. The third-order valence-corrected chi connectivity index (χ3v) is 3.82. The predicted molar refractivity (Wildman–Crippen MR) is 80.4 cm³/mol. The molecule has 1 fully saturated rings. The van der Waals surface area contributed by atoms with E-state index in [1.54, 1.807) is 42.5 Å². The van der Waals surface area contributed by atoms with Crippen LogP contribution in [0.4, 0.5) is 18.0 Å². The quantitative estimate of drug-likeness (QED) is 0.834. The van der Waals surface area contributed by atoms with Crippen molar-refractivity contribution in [3.8, 4) is 16.9 Å². The van der Waals surface area contributed by atoms with Crippen LogP contribution >= 0.6 is 0 Å². The minimum Gasteiger partial charge on any atom is -0.447 e. The lowest BCUT2D eigenvalue weighted by molar-refractivity contribution is -0.274. The van der Waals surface area contributed by atoms with Crippen molar-refractivity contribution in [2.75, 3.05) is 13.7 Å². The second-order valence-electron chi connectivity index (χ2n) is 5.37. The number of ether oxygens (including phenoxy) is 2. The van der Waals surface area contributed by atoms with E-state index in [2.05, 4.69) is 4.74 Å². The summed E-state index contributed by atoms with van der Waals surface area (Å²) in [4.78, 5) is 12.8. The lowest BCUT2D eigenvalue weighted by Gasteiger charge is -2.19. The monoisotopic (exact) mass is 337 g/mol. The molecule has 7 heteroatoms. The first-order valence-corrected chi connectivity index (χ1v) is 7.20. The summed E-state index contributed by atoms with van der Waals surface area (Å²) in [5.41, 5.74) is 1.45. The first-order chi connectivity index (χ1) is 11.3. The Morgan fingerprint density at radius 3 is 2.46 bits per heavy atom. The van der Waals surface area contributed by atoms with Crippen molar-refractivity contribution in [3.63, 3.8) is 0 Å². The van der Waals surface area contributed by atoms with Gasteiger partial charge in [0.25, 0.3) is 0 Å². The van der Waals surface area contributed by atoms with Crippen molar-refractivity contribution in [2.24, 2.45) is 0 Å². The molecule has 1 amide bonds. The van der Waals surface area contributed by atoms with E-state index in [0.717, 1.165) is 0 Å². The summed E-state index contributed by atoms with van der Waals surface area (Å²) in [6.45, 7) is 0.0888. The summed E-state index contributed by atoms with van der Waals surface area (Å²) in [7, 11) is 1.54. The molecule has 0 bridgehead atoms. The lowest BCUT2D eigenvalue weighted by Crippen LogP contribution is -2.23. The van der Waals surface area contributed by atoms with Crippen molar-refractivity contribution in [2.45, 2.75) is 12.4 Å². The first kappa shape index (κ1) is 16.2. The van der Waals surface area contributed by atoms with Gasteiger partial charge in [-0.1, -0.05) is 42.5 Å². The number of carbonyl (C=O) groups excluding carboxylic acids is 1. The molecule has 0 radical (unpaired) electrons. The lowest BCUT2D eigenvalue weighted by atomic mass is 9.99. The molecule has 3 rings (SSSR count). The van der Waals surface area contributed by atoms with Crippen LogP contribution in [0.2, 0.25) is 0 Å². The van der Waals surface area contributed by atoms with Gasteiger partial charge in [0.1, 0.15) is 12.4 Å². The number of rotatable bonds is 3. The number of benzene rings is 2. The summed E-state index contributed by atoms with van der Waals surface area (Å²) < 4.78 is 47.4. The van der Waals surface area contributed by atoms with Crippen LogP contribution in [0.25, 0.3) is 11.1 Å². The van der Waals surface area contributed by atoms with E-state index in [4.69, 9.17) is 4.74 Å². The van der Waals surface area contributed by atoms with Gasteiger partial charge >= 0.3 is 12.5 Å². The fourth-order valence-electron chi connectivity index (χ4n) is 2.62. The van der Waals surface area contributed by atoms with E-state index in [1.165, 1.54) is 18.0 Å². The average Bonchev–Trinajstić information content (AvgIpc) is 2.86. The van der Waals surface area contributed by atoms with E-state index < -0.39 is 18.5 Å². The van der Waals surface area contributed by atoms with Crippen molar-refractivity contribution in [1.82, 2.24) is 4.90 Å². The van der Waals surface area contributed by atoms with E-state index in [9.17, 15) is 18.0 Å². The number of carbonyl (C=O) groups is 1. The molecule has 1 atom stereocenters. The summed E-state index contributed by atoms with van der Waals surface area (Å²) in [5, 5.41) is 0. The van der Waals surface area contributed by atoms with Crippen molar-refractivity contribution in [1.29, 1.82) is 0 Å². The first-order valence-electron chi connectivity index (χ1n) is 7.20. The van der Waals surface area contributed by atoms with Crippen LogP contribution < -0.4 is 4.74 Å². The molecule has 0 spiro atoms. The molecule has 1 aliphatic heterocycles. The van der Waals surface area contributed by atoms with Gasteiger partial charge in [-0.2, -0.15) is 0 Å². The Kier molecular flexibility index (Phi) is 4.09. The Morgan fingerprint density at radius 2 is 1.88 bits per heavy atom. The number of nitrogens with zero attached hydrogens (tertiary/aromatic N) is 1. The van der Waals surface area contributed by atoms with Crippen molar-refractivity contribution in [3.05, 3.63) is 54.1 Å². The second kappa shape index (κ2) is 6.07. The highest BCUT2D eigenvalue weighted by Gasteiger charge is 2.34. The molecule has 126 valence electrons. The highest BCUT2D eigenvalue weighted by molar-refractivity contribution is 5.73. The standard InChI is InChI=1S/C17H14F3NO3/c1-21-14(10-23-16(21)22)12-7-8-13(11-5-3-2-4-6-11)15(9-12)24-17(18,19)20/h2-9,14H,10H2,1H3. The maximum absolute atomic E-state index is 12.8. The number of cyclic esters (lactones) is 1. The summed E-state index contributed by atoms with van der Waals surface area (Å²) in [6, 6.07) is 12.7. The van der Waals surface area contributed by atoms with Crippen molar-refractivity contribution >= 4 is 6.09 Å². The van der Waals surface area contributed by atoms with Gasteiger partial charge in [-0.3, -0.25) is 0 Å². The fraction of sp³-hybridized carbons (Fsp3) is 0.235. The van der Waals surface area contributed by atoms with Crippen LogP contribution in [-0.4, -0.2) is 31.0 Å². The molecule has 1 unspecified atom stereocenters. The zero-order valence-electron chi connectivity index (χ0n) is 12.7. The van der Waals surface area contributed by atoms with Crippen molar-refractivity contribution < 1.29 is 27.4 Å². The number of amides is 1. The third-order valence-electron chi connectivity index (χ3n) is 3.82. The SMILES string of the molecule is CN1C(=O)OCC1c1ccc(-c2ccccc2)c(OC(F)(F)F)c1. The van der Waals surface area contributed by atoms with E-state index >= 15 is 0 Å². The number of hydrogen-bond acceptors (Lipinski definition) is 3. The molecule has 1 heterocycles. The molecule has 1 saturated heterocycles. The largest absolute Gasteiger partial charge is 0.573 e. The maximum atomic E-state index is 12.8. The smallest absolute Gasteiger partial charge is 0.447 e. The molecular weight excluding hydrogens is 323 g/mol. The van der Waals surface area contributed by atoms with E-state index in [0.29, 0.717) is 16.7 Å². The molecule has 0 aliphatic carbocycles. The van der Waals surface area contributed by atoms with E-state index in [-0.39, 0.29) is 12.4 Å². The van der Waals surface area contributed by atoms with E-state index in [1.807, 2.05) is 0 Å². The Labute approximate surface area is 136 Å². The summed E-state index contributed by atoms with van der Waals surface area (Å²) in [5.74, 6) is -0.307. The fourth-order valence-corrected chi connectivity index (χ4v) is 2.62. The molecular formula is C17H14F3NO3. The Bertz CT molecular complexity index is 746. The number of likely N-dealkylation sites (N-methyl/N-ethyl adjacent to an activating group) is 1. The normalized spacial score (nSPS) is 17.8. The number of hydrogen-bond donors (Lipinski definition) is 0. The Hall–Kier alpha value is -2.70. The third kappa shape index (κ3) is 3.29. The highest BCUT2D eigenvalue weighted by atomic mass is 19.4. The Morgan fingerprint density at radius 1 is 1.17 bits per heavy atom. The minimum atomic E-state index is -4.81. The van der Waals surface area contributed by atoms with Gasteiger partial charge in [-0.25, -0.2) is 4.79 Å². The molecule has 0 saturated carbocycles. The molecule has 24 heavy (non-hydrogen) atoms. The van der Waals surface area contributed by atoms with Crippen LogP contribution in [-0.2, 0) is 4.74 Å². The van der Waals surface area contributed by atoms with Gasteiger partial charge in [0, 0.05) is 12.6 Å². The van der Waals surface area contributed by atoms with Crippen LogP contribution in [0.15, 0.2) is 48.5 Å². The predicted octanol–water partition coefficient (Wildman–Crippen LogP) is 4.38. The summed E-state index contributed by atoms with van der Waals surface area (Å²) in [6.07, 6.45) is -5.32. The topological polar surface area (TPSA) is 38.8 Å². The van der Waals surface area contributed by atoms with Gasteiger partial charge in [-0.05, 0) is 17.2 Å². The van der Waals surface area contributed by atoms with Gasteiger partial charge in [-0.15, -0.1) is 13.2 Å². The second-order valence-corrected chi connectivity index (χ2v) is 5.37. The number of halogens is 3. The van der Waals surface area contributed by atoms with Crippen LogP contribution in [0.5, 0.6) is 5.75 Å². The molecule has 2 aromatic carbocycles. The molecule has 0 aromatic heterocycles. The maximum Gasteiger partial charge on any atom is 0.573 e. The summed E-state index contributed by atoms with van der Waals surface area (Å²) >= 11 is 0. The van der Waals surface area contributed by atoms with Gasteiger partial charge in [0.2, 0.25) is 0 Å². The zero-order valence-corrected chi connectivity index (χ0v) is 12.7. The van der Waals surface area contributed by atoms with Gasteiger partial charge in [0.15, 0.2) is 0 Å². The highest BCUT2D eigenvalue weighted by Crippen LogP contribution is 2.37. The average molecular weight is 337 g/mol. The molecule has 2 aromatic rings. The molecule has 1 aliphatic rings. The van der Waals surface area contributed by atoms with Crippen LogP contribution in [0.3, 0.4) is 0 Å². The van der Waals surface area contributed by atoms with Crippen LogP contribution in [0.1, 0.15) is 11.6 Å². The molecule has 4 nitrogen and oxygen atoms in total. The van der Waals surface area contributed by atoms with Gasteiger partial charge < -0.3 is 14.4 Å². The minimum absolute atomic E-state index is 0.0888. The number of alkyl halides is 3. The Balaban J connectivity index is 2.03. The van der Waals surface area contributed by atoms with Gasteiger partial charge in [0.05, 0.1) is 6.04 Å². The molecule has 0 N–H and O–H groups in total. The van der Waals surface area contributed by atoms with Crippen LogP contribution in [0, 0.1) is 0 Å².